The van der Waals surface area contributed by atoms with Gasteiger partial charge in [-0.05, 0) is 24.4 Å². The van der Waals surface area contributed by atoms with E-state index in [0.717, 1.165) is 26.1 Å². The van der Waals surface area contributed by atoms with E-state index in [9.17, 15) is 10.1 Å². The fourth-order valence-corrected chi connectivity index (χ4v) is 3.05. The van der Waals surface area contributed by atoms with Gasteiger partial charge in [0, 0.05) is 25.6 Å². The lowest BCUT2D eigenvalue weighted by Crippen LogP contribution is -2.36. The zero-order valence-corrected chi connectivity index (χ0v) is 11.4. The van der Waals surface area contributed by atoms with Crippen LogP contribution in [0.3, 0.4) is 0 Å². The molecule has 0 radical (unpaired) electrons. The van der Waals surface area contributed by atoms with Gasteiger partial charge in [0.05, 0.1) is 4.92 Å². The van der Waals surface area contributed by atoms with E-state index in [0.29, 0.717) is 18.0 Å². The number of hydrogen-bond donors (Lipinski definition) is 0. The van der Waals surface area contributed by atoms with Crippen LogP contribution in [0.15, 0.2) is 53.8 Å². The van der Waals surface area contributed by atoms with Gasteiger partial charge in [0.2, 0.25) is 5.70 Å². The molecule has 1 heterocycles. The summed E-state index contributed by atoms with van der Waals surface area (Å²) >= 11 is 0. The van der Waals surface area contributed by atoms with Crippen LogP contribution >= 0.6 is 0 Å². The number of likely N-dealkylation sites (tertiary alicyclic amines) is 1. The Hall–Kier alpha value is -1.94. The van der Waals surface area contributed by atoms with Crippen molar-refractivity contribution in [3.8, 4) is 0 Å². The highest BCUT2D eigenvalue weighted by Crippen LogP contribution is 2.32. The molecule has 0 saturated carbocycles. The lowest BCUT2D eigenvalue weighted by atomic mass is 9.84. The minimum absolute atomic E-state index is 0.246. The number of hydrogen-bond acceptors (Lipinski definition) is 3. The van der Waals surface area contributed by atoms with Crippen LogP contribution in [-0.2, 0) is 6.54 Å². The average Bonchev–Trinajstić information content (AvgIpc) is 2.47. The molecule has 2 aliphatic rings. The van der Waals surface area contributed by atoms with Gasteiger partial charge in [-0.25, -0.2) is 0 Å². The van der Waals surface area contributed by atoms with E-state index < -0.39 is 0 Å². The maximum atomic E-state index is 10.8. The molecule has 1 aliphatic heterocycles. The van der Waals surface area contributed by atoms with Crippen LogP contribution in [0.1, 0.15) is 18.4 Å². The quantitative estimate of drug-likeness (QED) is 0.626. The number of piperidine rings is 1. The Morgan fingerprint density at radius 3 is 2.80 bits per heavy atom. The number of nitrogens with zero attached hydrogens (tertiary/aromatic N) is 2. The smallest absolute Gasteiger partial charge is 0.246 e. The van der Waals surface area contributed by atoms with Crippen molar-refractivity contribution in [2.24, 2.45) is 5.92 Å². The highest BCUT2D eigenvalue weighted by molar-refractivity contribution is 5.26. The second-order valence-corrected chi connectivity index (χ2v) is 5.54. The third-order valence-corrected chi connectivity index (χ3v) is 4.15. The van der Waals surface area contributed by atoms with E-state index >= 15 is 0 Å². The zero-order chi connectivity index (χ0) is 13.9. The summed E-state index contributed by atoms with van der Waals surface area (Å²) in [7, 11) is 0. The second kappa shape index (κ2) is 5.59. The summed E-state index contributed by atoms with van der Waals surface area (Å²) in [5.74, 6) is 0.368. The molecule has 1 aliphatic carbocycles. The van der Waals surface area contributed by atoms with Crippen molar-refractivity contribution in [1.82, 2.24) is 4.90 Å². The molecule has 1 unspecified atom stereocenters. The van der Waals surface area contributed by atoms with Crippen molar-refractivity contribution >= 4 is 0 Å². The first kappa shape index (κ1) is 13.1. The van der Waals surface area contributed by atoms with Gasteiger partial charge in [-0.3, -0.25) is 15.0 Å². The Morgan fingerprint density at radius 1 is 1.25 bits per heavy atom. The minimum atomic E-state index is -0.246. The van der Waals surface area contributed by atoms with Crippen molar-refractivity contribution in [3.63, 3.8) is 0 Å². The van der Waals surface area contributed by atoms with Crippen molar-refractivity contribution in [2.45, 2.75) is 19.4 Å². The molecule has 0 amide bonds. The molecule has 1 aromatic carbocycles. The van der Waals surface area contributed by atoms with Gasteiger partial charge in [-0.15, -0.1) is 0 Å². The fraction of sp³-hybridized carbons (Fsp3) is 0.375. The van der Waals surface area contributed by atoms with Gasteiger partial charge >= 0.3 is 0 Å². The van der Waals surface area contributed by atoms with Gasteiger partial charge in [0.25, 0.3) is 0 Å². The Balaban J connectivity index is 1.68. The van der Waals surface area contributed by atoms with Crippen LogP contribution in [0, 0.1) is 16.0 Å². The van der Waals surface area contributed by atoms with E-state index in [4.69, 9.17) is 0 Å². The number of benzene rings is 1. The van der Waals surface area contributed by atoms with Gasteiger partial charge in [-0.2, -0.15) is 0 Å². The van der Waals surface area contributed by atoms with Crippen molar-refractivity contribution < 1.29 is 4.92 Å². The predicted molar refractivity (Wildman–Crippen MR) is 77.6 cm³/mol. The van der Waals surface area contributed by atoms with Crippen LogP contribution in [-0.4, -0.2) is 22.9 Å². The average molecular weight is 270 g/mol. The Kier molecular flexibility index (Phi) is 3.65. The normalized spacial score (nSPS) is 22.7. The molecule has 20 heavy (non-hydrogen) atoms. The number of nitro groups is 1. The topological polar surface area (TPSA) is 46.4 Å². The summed E-state index contributed by atoms with van der Waals surface area (Å²) < 4.78 is 0. The number of rotatable bonds is 3. The fourth-order valence-electron chi connectivity index (χ4n) is 3.05. The van der Waals surface area contributed by atoms with Gasteiger partial charge < -0.3 is 0 Å². The maximum absolute atomic E-state index is 10.8. The first-order chi connectivity index (χ1) is 9.72. The standard InChI is InChI=1S/C16H18N2O2/c19-18(20)16-7-6-15-12-17(9-8-14(15)10-16)11-13-4-2-1-3-5-13/h1-7,14H,8-12H2. The Bertz CT molecular complexity index is 563. The summed E-state index contributed by atoms with van der Waals surface area (Å²) in [6.07, 6.45) is 5.25. The molecular weight excluding hydrogens is 252 g/mol. The molecule has 1 atom stereocenters. The molecular formula is C16H18N2O2. The van der Waals surface area contributed by atoms with Crippen molar-refractivity contribution in [2.75, 3.05) is 13.1 Å². The monoisotopic (exact) mass is 270 g/mol. The highest BCUT2D eigenvalue weighted by atomic mass is 16.6. The van der Waals surface area contributed by atoms with Crippen LogP contribution in [0.2, 0.25) is 0 Å². The molecule has 0 N–H and O–H groups in total. The third-order valence-electron chi connectivity index (χ3n) is 4.15. The van der Waals surface area contributed by atoms with Crippen molar-refractivity contribution in [1.29, 1.82) is 0 Å². The van der Waals surface area contributed by atoms with E-state index in [1.165, 1.54) is 11.1 Å². The summed E-state index contributed by atoms with van der Waals surface area (Å²) in [6.45, 7) is 2.90. The summed E-state index contributed by atoms with van der Waals surface area (Å²) in [5.41, 5.74) is 3.02. The minimum Gasteiger partial charge on any atom is -0.295 e. The number of fused-ring (bicyclic) bond motifs is 1. The molecule has 0 aromatic heterocycles. The first-order valence-electron chi connectivity index (χ1n) is 7.02. The molecule has 1 fully saturated rings. The molecule has 0 spiro atoms. The molecule has 1 saturated heterocycles. The molecule has 3 rings (SSSR count). The SMILES string of the molecule is O=[N+]([O-])C1=CC=C2CN(Cc3ccccc3)CCC2C1. The lowest BCUT2D eigenvalue weighted by molar-refractivity contribution is -0.429. The van der Waals surface area contributed by atoms with Crippen LogP contribution in [0.5, 0.6) is 0 Å². The summed E-state index contributed by atoms with van der Waals surface area (Å²) in [4.78, 5) is 13.0. The van der Waals surface area contributed by atoms with Crippen LogP contribution < -0.4 is 0 Å². The van der Waals surface area contributed by atoms with Gasteiger partial charge in [0.15, 0.2) is 0 Å². The largest absolute Gasteiger partial charge is 0.295 e. The predicted octanol–water partition coefficient (Wildman–Crippen LogP) is 3.00. The van der Waals surface area contributed by atoms with E-state index in [1.54, 1.807) is 6.08 Å². The third kappa shape index (κ3) is 2.80. The molecule has 0 bridgehead atoms. The lowest BCUT2D eigenvalue weighted by Gasteiger charge is -2.35. The van der Waals surface area contributed by atoms with Crippen LogP contribution in [0.25, 0.3) is 0 Å². The molecule has 1 aromatic rings. The summed E-state index contributed by atoms with van der Waals surface area (Å²) in [6, 6.07) is 10.4. The molecule has 4 heteroatoms. The van der Waals surface area contributed by atoms with Crippen molar-refractivity contribution in [3.05, 3.63) is 69.4 Å². The molecule has 4 nitrogen and oxygen atoms in total. The zero-order valence-electron chi connectivity index (χ0n) is 11.4. The van der Waals surface area contributed by atoms with E-state index in [-0.39, 0.29) is 4.92 Å². The second-order valence-electron chi connectivity index (χ2n) is 5.54. The van der Waals surface area contributed by atoms with Gasteiger partial charge in [0.1, 0.15) is 0 Å². The van der Waals surface area contributed by atoms with E-state index in [2.05, 4.69) is 29.2 Å². The van der Waals surface area contributed by atoms with Gasteiger partial charge in [-0.1, -0.05) is 42.0 Å². The van der Waals surface area contributed by atoms with E-state index in [1.807, 2.05) is 12.1 Å². The maximum Gasteiger partial charge on any atom is 0.246 e. The summed E-state index contributed by atoms with van der Waals surface area (Å²) in [5, 5.41) is 10.8. The molecule has 104 valence electrons. The Labute approximate surface area is 118 Å². The Morgan fingerprint density at radius 2 is 2.05 bits per heavy atom. The van der Waals surface area contributed by atoms with Crippen LogP contribution in [0.4, 0.5) is 0 Å². The first-order valence-corrected chi connectivity index (χ1v) is 7.02. The highest BCUT2D eigenvalue weighted by Gasteiger charge is 2.29. The number of allylic oxidation sites excluding steroid dienone is 3.